The van der Waals surface area contributed by atoms with E-state index in [1.807, 2.05) is 0 Å². The van der Waals surface area contributed by atoms with Crippen LogP contribution in [-0.2, 0) is 11.0 Å². The molecule has 0 radical (unpaired) electrons. The number of hydrogen-bond donors (Lipinski definition) is 4. The fourth-order valence-corrected chi connectivity index (χ4v) is 4.30. The smallest absolute Gasteiger partial charge is 0.416 e. The minimum atomic E-state index is -4.64. The fourth-order valence-electron chi connectivity index (χ4n) is 3.09. The number of alkyl halides is 3. The predicted molar refractivity (Wildman–Crippen MR) is 117 cm³/mol. The molecular weight excluding hydrogens is 469 g/mol. The number of aromatic nitrogens is 1. The number of amides is 1. The van der Waals surface area contributed by atoms with Crippen molar-refractivity contribution >= 4 is 40.2 Å². The van der Waals surface area contributed by atoms with Crippen LogP contribution in [-0.4, -0.2) is 39.5 Å². The first-order valence-corrected chi connectivity index (χ1v) is 10.6. The highest BCUT2D eigenvalue weighted by molar-refractivity contribution is 8.00. The van der Waals surface area contributed by atoms with Gasteiger partial charge in [-0.1, -0.05) is 11.6 Å². The second-order valence-electron chi connectivity index (χ2n) is 6.85. The van der Waals surface area contributed by atoms with Crippen molar-refractivity contribution in [3.05, 3.63) is 57.3 Å². The maximum absolute atomic E-state index is 13.4. The molecule has 0 saturated carbocycles. The van der Waals surface area contributed by atoms with E-state index in [0.717, 1.165) is 30.0 Å². The number of aliphatic hydroxyl groups is 1. The van der Waals surface area contributed by atoms with E-state index >= 15 is 0 Å². The minimum absolute atomic E-state index is 0.00862. The summed E-state index contributed by atoms with van der Waals surface area (Å²) in [6, 6.07) is 6.86. The average molecular weight is 487 g/mol. The van der Waals surface area contributed by atoms with Gasteiger partial charge in [-0.25, -0.2) is 0 Å². The zero-order valence-electron chi connectivity index (χ0n) is 16.6. The number of pyridine rings is 1. The van der Waals surface area contributed by atoms with E-state index in [-0.39, 0.29) is 50.8 Å². The first-order chi connectivity index (χ1) is 15.0. The molecule has 0 aliphatic rings. The van der Waals surface area contributed by atoms with Crippen LogP contribution in [0.3, 0.4) is 0 Å². The van der Waals surface area contributed by atoms with E-state index in [2.05, 4.69) is 10.3 Å². The monoisotopic (exact) mass is 486 g/mol. The SMILES string of the molecule is CC(Sc1c(-c2cc(Cl)ccc2O)c2cc(C(F)(F)F)ccc2[nH]c1=O)C(=O)NCCO. The lowest BCUT2D eigenvalue weighted by Gasteiger charge is -2.18. The highest BCUT2D eigenvalue weighted by atomic mass is 35.5. The molecule has 0 bridgehead atoms. The number of carbonyl (C=O) groups is 1. The van der Waals surface area contributed by atoms with Crippen LogP contribution >= 0.6 is 23.4 Å². The maximum atomic E-state index is 13.4. The molecular formula is C21H18ClF3N2O4S. The van der Waals surface area contributed by atoms with Gasteiger partial charge in [-0.05, 0) is 43.3 Å². The number of aromatic hydroxyl groups is 1. The van der Waals surface area contributed by atoms with E-state index in [4.69, 9.17) is 16.7 Å². The molecule has 0 fully saturated rings. The standard InChI is InChI=1S/C21H18ClF3N2O4S/c1-10(19(30)26-6-7-28)32-18-17(14-9-12(22)3-5-16(14)29)13-8-11(21(23,24)25)2-4-15(13)27-20(18)31/h2-5,8-10,28-29H,6-7H2,1H3,(H,26,30)(H,27,31). The van der Waals surface area contributed by atoms with Crippen LogP contribution in [0.15, 0.2) is 46.1 Å². The largest absolute Gasteiger partial charge is 0.507 e. The molecule has 3 aromatic rings. The van der Waals surface area contributed by atoms with Gasteiger partial charge in [0.1, 0.15) is 5.75 Å². The second-order valence-corrected chi connectivity index (χ2v) is 8.64. The Morgan fingerprint density at radius 2 is 1.97 bits per heavy atom. The predicted octanol–water partition coefficient (Wildman–Crippen LogP) is 4.16. The number of carbonyl (C=O) groups excluding carboxylic acids is 1. The molecule has 0 aliphatic carbocycles. The number of rotatable bonds is 6. The summed E-state index contributed by atoms with van der Waals surface area (Å²) in [6.45, 7) is 1.24. The highest BCUT2D eigenvalue weighted by Crippen LogP contribution is 2.42. The number of phenols is 1. The fraction of sp³-hybridized carbons (Fsp3) is 0.238. The molecule has 6 nitrogen and oxygen atoms in total. The lowest BCUT2D eigenvalue weighted by Crippen LogP contribution is -2.33. The summed E-state index contributed by atoms with van der Waals surface area (Å²) in [5.74, 6) is -0.771. The van der Waals surface area contributed by atoms with Crippen molar-refractivity contribution in [2.24, 2.45) is 0 Å². The Morgan fingerprint density at radius 1 is 1.25 bits per heavy atom. The zero-order chi connectivity index (χ0) is 23.6. The number of nitrogens with one attached hydrogen (secondary N) is 2. The lowest BCUT2D eigenvalue weighted by molar-refractivity contribution is -0.137. The van der Waals surface area contributed by atoms with Gasteiger partial charge in [0, 0.05) is 33.6 Å². The number of fused-ring (bicyclic) bond motifs is 1. The third-order valence-corrected chi connectivity index (χ3v) is 6.03. The van der Waals surface area contributed by atoms with Gasteiger partial charge in [0.15, 0.2) is 0 Å². The Balaban J connectivity index is 2.30. The third-order valence-electron chi connectivity index (χ3n) is 4.60. The van der Waals surface area contributed by atoms with Gasteiger partial charge in [-0.2, -0.15) is 13.2 Å². The molecule has 11 heteroatoms. The first kappa shape index (κ1) is 24.0. The molecule has 0 saturated heterocycles. The number of phenolic OH excluding ortho intramolecular Hbond substituents is 1. The van der Waals surface area contributed by atoms with Crippen LogP contribution in [0.5, 0.6) is 5.75 Å². The third kappa shape index (κ3) is 5.03. The molecule has 2 aromatic carbocycles. The zero-order valence-corrected chi connectivity index (χ0v) is 18.2. The van der Waals surface area contributed by atoms with E-state index < -0.39 is 28.5 Å². The number of H-pyrrole nitrogens is 1. The van der Waals surface area contributed by atoms with Crippen molar-refractivity contribution in [1.29, 1.82) is 0 Å². The van der Waals surface area contributed by atoms with Crippen molar-refractivity contribution in [1.82, 2.24) is 10.3 Å². The molecule has 0 spiro atoms. The van der Waals surface area contributed by atoms with Crippen molar-refractivity contribution in [3.8, 4) is 16.9 Å². The van der Waals surface area contributed by atoms with Crippen LogP contribution in [0, 0.1) is 0 Å². The van der Waals surface area contributed by atoms with Crippen molar-refractivity contribution in [2.45, 2.75) is 23.2 Å². The normalized spacial score (nSPS) is 12.7. The van der Waals surface area contributed by atoms with E-state index in [0.29, 0.717) is 0 Å². The summed E-state index contributed by atoms with van der Waals surface area (Å²) in [5, 5.41) is 21.2. The summed E-state index contributed by atoms with van der Waals surface area (Å²) in [5.41, 5.74) is -1.37. The summed E-state index contributed by atoms with van der Waals surface area (Å²) >= 11 is 6.88. The van der Waals surface area contributed by atoms with Gasteiger partial charge in [0.05, 0.1) is 22.3 Å². The topological polar surface area (TPSA) is 102 Å². The minimum Gasteiger partial charge on any atom is -0.507 e. The summed E-state index contributed by atoms with van der Waals surface area (Å²) in [7, 11) is 0. The van der Waals surface area contributed by atoms with Crippen LogP contribution in [0.1, 0.15) is 12.5 Å². The molecule has 4 N–H and O–H groups in total. The Labute approximate surface area is 189 Å². The van der Waals surface area contributed by atoms with E-state index in [1.54, 1.807) is 0 Å². The molecule has 1 amide bonds. The number of halogens is 4. The molecule has 1 aromatic heterocycles. The number of hydrogen-bond acceptors (Lipinski definition) is 5. The van der Waals surface area contributed by atoms with E-state index in [9.17, 15) is 27.9 Å². The molecule has 0 aliphatic heterocycles. The Hall–Kier alpha value is -2.69. The van der Waals surface area contributed by atoms with Gasteiger partial charge >= 0.3 is 6.18 Å². The quantitative estimate of drug-likeness (QED) is 0.392. The number of thioether (sulfide) groups is 1. The average Bonchev–Trinajstić information content (AvgIpc) is 2.73. The molecule has 1 unspecified atom stereocenters. The van der Waals surface area contributed by atoms with Gasteiger partial charge in [0.25, 0.3) is 5.56 Å². The molecule has 170 valence electrons. The molecule has 32 heavy (non-hydrogen) atoms. The van der Waals surface area contributed by atoms with Gasteiger partial charge in [0.2, 0.25) is 5.91 Å². The van der Waals surface area contributed by atoms with Crippen LogP contribution < -0.4 is 10.9 Å². The van der Waals surface area contributed by atoms with Crippen molar-refractivity contribution in [3.63, 3.8) is 0 Å². The van der Waals surface area contributed by atoms with Crippen molar-refractivity contribution in [2.75, 3.05) is 13.2 Å². The molecule has 1 heterocycles. The summed E-state index contributed by atoms with van der Waals surface area (Å²) in [6.07, 6.45) is -4.64. The van der Waals surface area contributed by atoms with E-state index in [1.165, 1.54) is 25.1 Å². The van der Waals surface area contributed by atoms with Crippen LogP contribution in [0.2, 0.25) is 5.02 Å². The second kappa shape index (κ2) is 9.43. The Kier molecular flexibility index (Phi) is 7.06. The van der Waals surface area contributed by atoms with Gasteiger partial charge in [-0.15, -0.1) is 11.8 Å². The highest BCUT2D eigenvalue weighted by Gasteiger charge is 2.31. The number of aromatic amines is 1. The summed E-state index contributed by atoms with van der Waals surface area (Å²) in [4.78, 5) is 27.6. The van der Waals surface area contributed by atoms with Gasteiger partial charge < -0.3 is 20.5 Å². The molecule has 1 atom stereocenters. The summed E-state index contributed by atoms with van der Waals surface area (Å²) < 4.78 is 40.2. The Bertz CT molecular complexity index is 1230. The van der Waals surface area contributed by atoms with Crippen LogP contribution in [0.4, 0.5) is 13.2 Å². The Morgan fingerprint density at radius 3 is 2.62 bits per heavy atom. The van der Waals surface area contributed by atoms with Crippen molar-refractivity contribution < 1.29 is 28.2 Å². The molecule has 3 rings (SSSR count). The van der Waals surface area contributed by atoms with Gasteiger partial charge in [-0.3, -0.25) is 9.59 Å². The first-order valence-electron chi connectivity index (χ1n) is 9.34. The maximum Gasteiger partial charge on any atom is 0.416 e. The number of aliphatic hydroxyl groups excluding tert-OH is 1. The number of benzene rings is 2. The lowest BCUT2D eigenvalue weighted by atomic mass is 9.98. The van der Waals surface area contributed by atoms with Crippen LogP contribution in [0.25, 0.3) is 22.0 Å².